The Morgan fingerprint density at radius 3 is 2.42 bits per heavy atom. The third kappa shape index (κ3) is 4.02. The van der Waals surface area contributed by atoms with Gasteiger partial charge < -0.3 is 9.64 Å². The molecule has 0 N–H and O–H groups in total. The largest absolute Gasteiger partial charge is 0.494 e. The third-order valence-electron chi connectivity index (χ3n) is 4.49. The summed E-state index contributed by atoms with van der Waals surface area (Å²) in [6, 6.07) is 19.0. The molecule has 3 rings (SSSR count). The molecule has 0 heterocycles. The minimum absolute atomic E-state index is 0.0269. The number of likely N-dealkylation sites (N-methyl/N-ethyl adjacent to an activating group) is 1. The minimum Gasteiger partial charge on any atom is -0.494 e. The predicted octanol–water partition coefficient (Wildman–Crippen LogP) is 4.58. The fourth-order valence-electron chi connectivity index (χ4n) is 3.04. The molecule has 3 aromatic rings. The summed E-state index contributed by atoms with van der Waals surface area (Å²) >= 11 is 0. The number of fused-ring (bicyclic) bond motifs is 1. The number of benzene rings is 3. The number of ether oxygens (including phenoxy) is 1. The van der Waals surface area contributed by atoms with E-state index in [1.807, 2.05) is 43.3 Å². The van der Waals surface area contributed by atoms with E-state index in [2.05, 4.69) is 6.07 Å². The summed E-state index contributed by atoms with van der Waals surface area (Å²) < 4.78 is 18.8. The summed E-state index contributed by atoms with van der Waals surface area (Å²) in [5.74, 6) is -0.179. The minimum atomic E-state index is -0.414. The van der Waals surface area contributed by atoms with Crippen LogP contribution in [0.15, 0.2) is 60.7 Å². The normalized spacial score (nSPS) is 10.7. The monoisotopic (exact) mass is 351 g/mol. The summed E-state index contributed by atoms with van der Waals surface area (Å²) in [6.07, 6.45) is 0.331. The number of hydrogen-bond donors (Lipinski definition) is 0. The second-order valence-electron chi connectivity index (χ2n) is 6.24. The lowest BCUT2D eigenvalue weighted by Crippen LogP contribution is -2.31. The van der Waals surface area contributed by atoms with Gasteiger partial charge in [0.25, 0.3) is 0 Å². The maximum Gasteiger partial charge on any atom is 0.227 e. The van der Waals surface area contributed by atoms with Gasteiger partial charge in [0.05, 0.1) is 13.5 Å². The van der Waals surface area contributed by atoms with Gasteiger partial charge >= 0.3 is 0 Å². The Hall–Kier alpha value is -2.88. The molecule has 0 unspecified atom stereocenters. The Labute approximate surface area is 153 Å². The van der Waals surface area contributed by atoms with Gasteiger partial charge in [-0.1, -0.05) is 48.5 Å². The van der Waals surface area contributed by atoms with Crippen molar-refractivity contribution in [1.82, 2.24) is 4.90 Å². The molecule has 134 valence electrons. The van der Waals surface area contributed by atoms with Crippen molar-refractivity contribution in [3.05, 3.63) is 77.6 Å². The van der Waals surface area contributed by atoms with E-state index in [-0.39, 0.29) is 11.7 Å². The van der Waals surface area contributed by atoms with E-state index in [9.17, 15) is 9.18 Å². The summed E-state index contributed by atoms with van der Waals surface area (Å²) in [5, 5.41) is 2.28. The molecule has 3 nitrogen and oxygen atoms in total. The first-order valence-corrected chi connectivity index (χ1v) is 8.68. The molecule has 0 radical (unpaired) electrons. The molecule has 3 aromatic carbocycles. The van der Waals surface area contributed by atoms with E-state index in [1.165, 1.54) is 13.2 Å². The second-order valence-corrected chi connectivity index (χ2v) is 6.24. The van der Waals surface area contributed by atoms with Crippen molar-refractivity contribution in [1.29, 1.82) is 0 Å². The lowest BCUT2D eigenvalue weighted by Gasteiger charge is -2.21. The van der Waals surface area contributed by atoms with E-state index >= 15 is 0 Å². The molecule has 0 aliphatic carbocycles. The molecule has 0 aliphatic heterocycles. The van der Waals surface area contributed by atoms with Crippen LogP contribution >= 0.6 is 0 Å². The molecule has 0 saturated heterocycles. The Kier molecular flexibility index (Phi) is 5.52. The van der Waals surface area contributed by atoms with Crippen molar-refractivity contribution in [2.45, 2.75) is 19.9 Å². The molecular formula is C22H22FNO2. The van der Waals surface area contributed by atoms with Crippen LogP contribution in [0.4, 0.5) is 4.39 Å². The third-order valence-corrected chi connectivity index (χ3v) is 4.49. The van der Waals surface area contributed by atoms with Gasteiger partial charge in [0.15, 0.2) is 11.6 Å². The van der Waals surface area contributed by atoms with Crippen LogP contribution in [0.25, 0.3) is 10.8 Å². The fourth-order valence-corrected chi connectivity index (χ4v) is 3.04. The molecule has 0 bridgehead atoms. The zero-order valence-corrected chi connectivity index (χ0v) is 15.0. The quantitative estimate of drug-likeness (QED) is 0.651. The highest BCUT2D eigenvalue weighted by Crippen LogP contribution is 2.20. The number of methoxy groups -OCH3 is 1. The number of halogens is 1. The lowest BCUT2D eigenvalue weighted by atomic mass is 10.0. The van der Waals surface area contributed by atoms with Crippen LogP contribution in [0.1, 0.15) is 18.1 Å². The summed E-state index contributed by atoms with van der Waals surface area (Å²) in [6.45, 7) is 2.88. The summed E-state index contributed by atoms with van der Waals surface area (Å²) in [5.41, 5.74) is 1.73. The summed E-state index contributed by atoms with van der Waals surface area (Å²) in [7, 11) is 1.43. The van der Waals surface area contributed by atoms with E-state index in [4.69, 9.17) is 4.74 Å². The first-order valence-electron chi connectivity index (χ1n) is 8.68. The van der Waals surface area contributed by atoms with Crippen LogP contribution in [-0.2, 0) is 17.8 Å². The Morgan fingerprint density at radius 2 is 1.73 bits per heavy atom. The van der Waals surface area contributed by atoms with Crippen LogP contribution in [0.3, 0.4) is 0 Å². The molecule has 0 saturated carbocycles. The zero-order chi connectivity index (χ0) is 18.5. The lowest BCUT2D eigenvalue weighted by molar-refractivity contribution is -0.130. The van der Waals surface area contributed by atoms with Gasteiger partial charge in [-0.25, -0.2) is 4.39 Å². The summed E-state index contributed by atoms with van der Waals surface area (Å²) in [4.78, 5) is 14.4. The van der Waals surface area contributed by atoms with Crippen molar-refractivity contribution in [3.63, 3.8) is 0 Å². The Balaban J connectivity index is 1.72. The molecule has 0 spiro atoms. The average molecular weight is 351 g/mol. The number of amides is 1. The molecule has 1 amide bonds. The van der Waals surface area contributed by atoms with Crippen LogP contribution in [0.5, 0.6) is 5.75 Å². The van der Waals surface area contributed by atoms with E-state index < -0.39 is 5.82 Å². The molecule has 0 atom stereocenters. The average Bonchev–Trinajstić information content (AvgIpc) is 2.66. The number of hydrogen-bond acceptors (Lipinski definition) is 2. The fraction of sp³-hybridized carbons (Fsp3) is 0.227. The standard InChI is InChI=1S/C22H22FNO2/c1-3-24(15-17-9-11-21(26-2)20(23)13-17)22(25)14-16-8-10-18-6-4-5-7-19(18)12-16/h4-13H,3,14-15H2,1-2H3. The first-order chi connectivity index (χ1) is 12.6. The predicted molar refractivity (Wildman–Crippen MR) is 102 cm³/mol. The van der Waals surface area contributed by atoms with Crippen LogP contribution in [0, 0.1) is 5.82 Å². The van der Waals surface area contributed by atoms with Gasteiger partial charge in [-0.15, -0.1) is 0 Å². The molecule has 0 fully saturated rings. The maximum absolute atomic E-state index is 13.9. The Morgan fingerprint density at radius 1 is 1.00 bits per heavy atom. The number of carbonyl (C=O) groups is 1. The SMILES string of the molecule is CCN(Cc1ccc(OC)c(F)c1)C(=O)Cc1ccc2ccccc2c1. The van der Waals surface area contributed by atoms with Gasteiger partial charge in [-0.05, 0) is 41.0 Å². The van der Waals surface area contributed by atoms with Gasteiger partial charge in [-0.2, -0.15) is 0 Å². The maximum atomic E-state index is 13.9. The molecule has 26 heavy (non-hydrogen) atoms. The number of carbonyl (C=O) groups excluding carboxylic acids is 1. The number of nitrogens with zero attached hydrogens (tertiary/aromatic N) is 1. The van der Waals surface area contributed by atoms with E-state index in [1.54, 1.807) is 17.0 Å². The van der Waals surface area contributed by atoms with Crippen LogP contribution < -0.4 is 4.74 Å². The van der Waals surface area contributed by atoms with Gasteiger partial charge in [0.1, 0.15) is 0 Å². The first kappa shape index (κ1) is 17.9. The van der Waals surface area contributed by atoms with Crippen molar-refractivity contribution in [3.8, 4) is 5.75 Å². The topological polar surface area (TPSA) is 29.5 Å². The van der Waals surface area contributed by atoms with Crippen molar-refractivity contribution < 1.29 is 13.9 Å². The van der Waals surface area contributed by atoms with Crippen molar-refractivity contribution in [2.24, 2.45) is 0 Å². The number of rotatable bonds is 6. The smallest absolute Gasteiger partial charge is 0.227 e. The Bertz CT molecular complexity index is 923. The van der Waals surface area contributed by atoms with E-state index in [0.29, 0.717) is 19.5 Å². The van der Waals surface area contributed by atoms with Crippen LogP contribution in [-0.4, -0.2) is 24.5 Å². The molecular weight excluding hydrogens is 329 g/mol. The van der Waals surface area contributed by atoms with Crippen molar-refractivity contribution in [2.75, 3.05) is 13.7 Å². The van der Waals surface area contributed by atoms with Gasteiger partial charge in [-0.3, -0.25) is 4.79 Å². The highest BCUT2D eigenvalue weighted by molar-refractivity contribution is 5.85. The van der Waals surface area contributed by atoms with E-state index in [0.717, 1.165) is 21.9 Å². The van der Waals surface area contributed by atoms with Gasteiger partial charge in [0.2, 0.25) is 5.91 Å². The molecule has 4 heteroatoms. The van der Waals surface area contributed by atoms with Crippen molar-refractivity contribution >= 4 is 16.7 Å². The molecule has 0 aliphatic rings. The highest BCUT2D eigenvalue weighted by atomic mass is 19.1. The highest BCUT2D eigenvalue weighted by Gasteiger charge is 2.14. The zero-order valence-electron chi connectivity index (χ0n) is 15.0. The van der Waals surface area contributed by atoms with Gasteiger partial charge in [0, 0.05) is 13.1 Å². The van der Waals surface area contributed by atoms with Crippen LogP contribution in [0.2, 0.25) is 0 Å². The molecule has 0 aromatic heterocycles. The second kappa shape index (κ2) is 8.00.